The molecule has 0 bridgehead atoms. The molecule has 7 heteroatoms. The fraction of sp³-hybridized carbons (Fsp3) is 0.278. The van der Waals surface area contributed by atoms with Crippen molar-refractivity contribution in [3.05, 3.63) is 58.6 Å². The molecule has 0 aliphatic rings. The van der Waals surface area contributed by atoms with Gasteiger partial charge in [0.15, 0.2) is 0 Å². The summed E-state index contributed by atoms with van der Waals surface area (Å²) in [6.45, 7) is 5.41. The highest BCUT2D eigenvalue weighted by molar-refractivity contribution is 7.89. The SMILES string of the molecule is CCN(CC(=O)Nc1c(C)cccc1C)S(=O)(=O)c1ccc(Cl)cc1. The van der Waals surface area contributed by atoms with Gasteiger partial charge in [0.2, 0.25) is 15.9 Å². The van der Waals surface area contributed by atoms with Gasteiger partial charge in [-0.05, 0) is 49.2 Å². The van der Waals surface area contributed by atoms with E-state index in [4.69, 9.17) is 11.6 Å². The molecule has 0 saturated heterocycles. The molecule has 0 saturated carbocycles. The lowest BCUT2D eigenvalue weighted by molar-refractivity contribution is -0.116. The lowest BCUT2D eigenvalue weighted by Crippen LogP contribution is -2.38. The summed E-state index contributed by atoms with van der Waals surface area (Å²) in [7, 11) is -3.76. The third-order valence-electron chi connectivity index (χ3n) is 3.87. The third-order valence-corrected chi connectivity index (χ3v) is 6.06. The van der Waals surface area contributed by atoms with E-state index >= 15 is 0 Å². The van der Waals surface area contributed by atoms with Crippen molar-refractivity contribution in [2.24, 2.45) is 0 Å². The maximum absolute atomic E-state index is 12.7. The summed E-state index contributed by atoms with van der Waals surface area (Å²) < 4.78 is 26.5. The topological polar surface area (TPSA) is 66.5 Å². The number of carbonyl (C=O) groups is 1. The van der Waals surface area contributed by atoms with E-state index in [-0.39, 0.29) is 23.9 Å². The number of hydrogen-bond donors (Lipinski definition) is 1. The Bertz CT molecular complexity index is 844. The molecule has 2 aromatic rings. The lowest BCUT2D eigenvalue weighted by atomic mass is 10.1. The zero-order valence-corrected chi connectivity index (χ0v) is 16.0. The van der Waals surface area contributed by atoms with Crippen LogP contribution in [0.1, 0.15) is 18.1 Å². The van der Waals surface area contributed by atoms with Crippen LogP contribution in [0.3, 0.4) is 0 Å². The maximum Gasteiger partial charge on any atom is 0.243 e. The van der Waals surface area contributed by atoms with Crippen molar-refractivity contribution < 1.29 is 13.2 Å². The van der Waals surface area contributed by atoms with E-state index in [9.17, 15) is 13.2 Å². The largest absolute Gasteiger partial charge is 0.324 e. The second kappa shape index (κ2) is 7.99. The van der Waals surface area contributed by atoms with Crippen molar-refractivity contribution in [3.63, 3.8) is 0 Å². The summed E-state index contributed by atoms with van der Waals surface area (Å²) in [5.74, 6) is -0.378. The highest BCUT2D eigenvalue weighted by Gasteiger charge is 2.25. The van der Waals surface area contributed by atoms with Gasteiger partial charge < -0.3 is 5.32 Å². The summed E-state index contributed by atoms with van der Waals surface area (Å²) in [5, 5.41) is 3.26. The fourth-order valence-electron chi connectivity index (χ4n) is 2.47. The molecule has 0 heterocycles. The Balaban J connectivity index is 2.18. The van der Waals surface area contributed by atoms with Gasteiger partial charge in [0.25, 0.3) is 0 Å². The summed E-state index contributed by atoms with van der Waals surface area (Å²) in [6.07, 6.45) is 0. The maximum atomic E-state index is 12.7. The van der Waals surface area contributed by atoms with Gasteiger partial charge in [-0.2, -0.15) is 4.31 Å². The molecule has 0 aliphatic heterocycles. The monoisotopic (exact) mass is 380 g/mol. The Hall–Kier alpha value is -1.89. The van der Waals surface area contributed by atoms with Crippen molar-refractivity contribution in [3.8, 4) is 0 Å². The van der Waals surface area contributed by atoms with E-state index in [0.717, 1.165) is 15.4 Å². The number of para-hydroxylation sites is 1. The normalized spacial score (nSPS) is 11.6. The molecule has 2 rings (SSSR count). The molecular formula is C18H21ClN2O3S. The van der Waals surface area contributed by atoms with Crippen LogP contribution in [0, 0.1) is 13.8 Å². The van der Waals surface area contributed by atoms with Gasteiger partial charge in [-0.1, -0.05) is 36.7 Å². The number of carbonyl (C=O) groups excluding carboxylic acids is 1. The van der Waals surface area contributed by atoms with E-state index in [0.29, 0.717) is 10.7 Å². The van der Waals surface area contributed by atoms with Crippen LogP contribution in [0.25, 0.3) is 0 Å². The average molecular weight is 381 g/mol. The Kier molecular flexibility index (Phi) is 6.21. The highest BCUT2D eigenvalue weighted by Crippen LogP contribution is 2.21. The number of aryl methyl sites for hydroxylation is 2. The van der Waals surface area contributed by atoms with Gasteiger partial charge in [-0.3, -0.25) is 4.79 Å². The number of nitrogens with zero attached hydrogens (tertiary/aromatic N) is 1. The zero-order chi connectivity index (χ0) is 18.6. The molecule has 25 heavy (non-hydrogen) atoms. The Labute approximate surface area is 153 Å². The predicted octanol–water partition coefficient (Wildman–Crippen LogP) is 3.61. The van der Waals surface area contributed by atoms with Crippen LogP contribution in [0.5, 0.6) is 0 Å². The summed E-state index contributed by atoms with van der Waals surface area (Å²) in [5.41, 5.74) is 2.57. The zero-order valence-electron chi connectivity index (χ0n) is 14.4. The van der Waals surface area contributed by atoms with Crippen LogP contribution >= 0.6 is 11.6 Å². The van der Waals surface area contributed by atoms with E-state index in [1.807, 2.05) is 32.0 Å². The quantitative estimate of drug-likeness (QED) is 0.832. The Morgan fingerprint density at radius 2 is 1.64 bits per heavy atom. The number of benzene rings is 2. The Morgan fingerprint density at radius 1 is 1.08 bits per heavy atom. The van der Waals surface area contributed by atoms with Crippen molar-refractivity contribution in [1.82, 2.24) is 4.31 Å². The second-order valence-electron chi connectivity index (χ2n) is 5.70. The number of rotatable bonds is 6. The summed E-state index contributed by atoms with van der Waals surface area (Å²) in [6, 6.07) is 11.6. The molecule has 134 valence electrons. The smallest absolute Gasteiger partial charge is 0.243 e. The Morgan fingerprint density at radius 3 is 2.16 bits per heavy atom. The minimum absolute atomic E-state index is 0.110. The van der Waals surface area contributed by atoms with Gasteiger partial charge >= 0.3 is 0 Å². The van der Waals surface area contributed by atoms with Gasteiger partial charge in [-0.25, -0.2) is 8.42 Å². The minimum atomic E-state index is -3.76. The second-order valence-corrected chi connectivity index (χ2v) is 8.07. The predicted molar refractivity (Wildman–Crippen MR) is 100 cm³/mol. The van der Waals surface area contributed by atoms with Crippen molar-refractivity contribution in [2.75, 3.05) is 18.4 Å². The molecule has 0 fully saturated rings. The first-order valence-electron chi connectivity index (χ1n) is 7.87. The summed E-state index contributed by atoms with van der Waals surface area (Å²) >= 11 is 5.81. The van der Waals surface area contributed by atoms with Gasteiger partial charge in [0.1, 0.15) is 0 Å². The molecule has 0 aliphatic carbocycles. The number of nitrogens with one attached hydrogen (secondary N) is 1. The lowest BCUT2D eigenvalue weighted by Gasteiger charge is -2.21. The van der Waals surface area contributed by atoms with Crippen LogP contribution in [0.4, 0.5) is 5.69 Å². The fourth-order valence-corrected chi connectivity index (χ4v) is 4.00. The minimum Gasteiger partial charge on any atom is -0.324 e. The first-order valence-corrected chi connectivity index (χ1v) is 9.69. The summed E-state index contributed by atoms with van der Waals surface area (Å²) in [4.78, 5) is 12.5. The number of hydrogen-bond acceptors (Lipinski definition) is 3. The van der Waals surface area contributed by atoms with E-state index in [1.54, 1.807) is 6.92 Å². The number of likely N-dealkylation sites (N-methyl/N-ethyl adjacent to an activating group) is 1. The average Bonchev–Trinajstić information content (AvgIpc) is 2.56. The standard InChI is InChI=1S/C18H21ClN2O3S/c1-4-21(25(23,24)16-10-8-15(19)9-11-16)12-17(22)20-18-13(2)6-5-7-14(18)3/h5-11H,4,12H2,1-3H3,(H,20,22). The first-order chi connectivity index (χ1) is 11.8. The van der Waals surface area contributed by atoms with Gasteiger partial charge in [0, 0.05) is 17.3 Å². The molecule has 0 radical (unpaired) electrons. The van der Waals surface area contributed by atoms with Crippen LogP contribution in [0.15, 0.2) is 47.4 Å². The van der Waals surface area contributed by atoms with Crippen LogP contribution in [0.2, 0.25) is 5.02 Å². The molecule has 2 aromatic carbocycles. The number of anilines is 1. The van der Waals surface area contributed by atoms with Gasteiger partial charge in [0.05, 0.1) is 11.4 Å². The van der Waals surface area contributed by atoms with Gasteiger partial charge in [-0.15, -0.1) is 0 Å². The molecule has 1 N–H and O–H groups in total. The number of sulfonamides is 1. The third kappa shape index (κ3) is 4.60. The number of halogens is 1. The van der Waals surface area contributed by atoms with Crippen molar-refractivity contribution in [1.29, 1.82) is 0 Å². The first kappa shape index (κ1) is 19.4. The molecule has 5 nitrogen and oxygen atoms in total. The molecular weight excluding hydrogens is 360 g/mol. The van der Waals surface area contributed by atoms with E-state index < -0.39 is 10.0 Å². The number of amides is 1. The molecule has 0 atom stereocenters. The van der Waals surface area contributed by atoms with Crippen molar-refractivity contribution >= 4 is 33.2 Å². The van der Waals surface area contributed by atoms with Crippen LogP contribution in [-0.2, 0) is 14.8 Å². The molecule has 0 unspecified atom stereocenters. The van der Waals surface area contributed by atoms with Crippen molar-refractivity contribution in [2.45, 2.75) is 25.7 Å². The molecule has 0 spiro atoms. The van der Waals surface area contributed by atoms with E-state index in [2.05, 4.69) is 5.32 Å². The van der Waals surface area contributed by atoms with Crippen LogP contribution in [-0.4, -0.2) is 31.7 Å². The molecule has 0 aromatic heterocycles. The molecule has 1 amide bonds. The van der Waals surface area contributed by atoms with Crippen LogP contribution < -0.4 is 5.32 Å². The van der Waals surface area contributed by atoms with E-state index in [1.165, 1.54) is 24.3 Å². The highest BCUT2D eigenvalue weighted by atomic mass is 35.5.